The van der Waals surface area contributed by atoms with E-state index >= 15 is 0 Å². The second-order valence-electron chi connectivity index (χ2n) is 6.97. The lowest BCUT2D eigenvalue weighted by atomic mass is 10.1. The van der Waals surface area contributed by atoms with E-state index in [1.807, 2.05) is 41.3 Å². The molecule has 0 atom stereocenters. The Morgan fingerprint density at radius 1 is 0.833 bits per heavy atom. The summed E-state index contributed by atoms with van der Waals surface area (Å²) in [4.78, 5) is 27.6. The fourth-order valence-electron chi connectivity index (χ4n) is 3.54. The normalized spacial score (nSPS) is 13.7. The molecule has 0 N–H and O–H groups in total. The van der Waals surface area contributed by atoms with E-state index < -0.39 is 0 Å². The van der Waals surface area contributed by atoms with E-state index in [0.717, 1.165) is 0 Å². The molecular weight excluding hydrogens is 382 g/mol. The van der Waals surface area contributed by atoms with Crippen LogP contribution in [-0.4, -0.2) is 41.9 Å². The molecule has 30 heavy (non-hydrogen) atoms. The zero-order chi connectivity index (χ0) is 20.9. The Kier molecular flexibility index (Phi) is 5.61. The maximum atomic E-state index is 13.0. The maximum Gasteiger partial charge on any atom is 0.292 e. The van der Waals surface area contributed by atoms with Crippen molar-refractivity contribution in [3.63, 3.8) is 0 Å². The quantitative estimate of drug-likeness (QED) is 0.468. The van der Waals surface area contributed by atoms with Gasteiger partial charge in [0.1, 0.15) is 17.2 Å². The van der Waals surface area contributed by atoms with Crippen LogP contribution < -0.4 is 9.64 Å². The van der Waals surface area contributed by atoms with E-state index in [2.05, 4.69) is 0 Å². The Morgan fingerprint density at radius 2 is 1.50 bits per heavy atom. The van der Waals surface area contributed by atoms with Gasteiger partial charge in [0.15, 0.2) is 0 Å². The molecule has 7 heteroatoms. The number of benzene rings is 3. The van der Waals surface area contributed by atoms with E-state index in [9.17, 15) is 14.9 Å². The van der Waals surface area contributed by atoms with Crippen LogP contribution in [0.5, 0.6) is 11.5 Å². The highest BCUT2D eigenvalue weighted by molar-refractivity contribution is 5.94. The third kappa shape index (κ3) is 4.25. The molecule has 1 heterocycles. The number of ether oxygens (including phenoxy) is 1. The zero-order valence-electron chi connectivity index (χ0n) is 16.3. The molecule has 1 aliphatic rings. The second kappa shape index (κ2) is 8.65. The summed E-state index contributed by atoms with van der Waals surface area (Å²) < 4.78 is 5.82. The van der Waals surface area contributed by atoms with Crippen LogP contribution in [0.15, 0.2) is 78.9 Å². The molecule has 1 aliphatic heterocycles. The molecule has 3 aromatic rings. The Morgan fingerprint density at radius 3 is 2.23 bits per heavy atom. The van der Waals surface area contributed by atoms with Crippen LogP contribution in [0.25, 0.3) is 0 Å². The predicted octanol–water partition coefficient (Wildman–Crippen LogP) is 4.35. The first-order valence-electron chi connectivity index (χ1n) is 9.72. The minimum atomic E-state index is -0.370. The molecule has 0 unspecified atom stereocenters. The first-order valence-corrected chi connectivity index (χ1v) is 9.72. The summed E-state index contributed by atoms with van der Waals surface area (Å²) in [6.07, 6.45) is 0. The molecular formula is C23H21N3O4. The molecule has 152 valence electrons. The Balaban J connectivity index is 1.43. The Hall–Kier alpha value is -3.87. The van der Waals surface area contributed by atoms with Crippen LogP contribution in [-0.2, 0) is 0 Å². The summed E-state index contributed by atoms with van der Waals surface area (Å²) in [7, 11) is 0. The van der Waals surface area contributed by atoms with Gasteiger partial charge in [-0.2, -0.15) is 0 Å². The number of hydrogen-bond donors (Lipinski definition) is 0. The molecule has 1 fully saturated rings. The van der Waals surface area contributed by atoms with E-state index in [4.69, 9.17) is 4.74 Å². The van der Waals surface area contributed by atoms with Gasteiger partial charge >= 0.3 is 0 Å². The van der Waals surface area contributed by atoms with Gasteiger partial charge in [0.2, 0.25) is 0 Å². The van der Waals surface area contributed by atoms with E-state index in [0.29, 0.717) is 48.9 Å². The number of piperazine rings is 1. The van der Waals surface area contributed by atoms with Crippen molar-refractivity contribution in [2.24, 2.45) is 0 Å². The number of nitro benzene ring substituents is 1. The third-order valence-electron chi connectivity index (χ3n) is 5.05. The molecule has 0 radical (unpaired) electrons. The van der Waals surface area contributed by atoms with Gasteiger partial charge in [-0.05, 0) is 36.4 Å². The first-order chi connectivity index (χ1) is 14.6. The van der Waals surface area contributed by atoms with Crippen molar-refractivity contribution >= 4 is 17.3 Å². The van der Waals surface area contributed by atoms with Crippen LogP contribution in [0.1, 0.15) is 10.4 Å². The highest BCUT2D eigenvalue weighted by Gasteiger charge is 2.26. The number of amides is 1. The molecule has 0 aliphatic carbocycles. The Labute approximate surface area is 174 Å². The largest absolute Gasteiger partial charge is 0.457 e. The molecule has 1 amide bonds. The fourth-order valence-corrected chi connectivity index (χ4v) is 3.54. The van der Waals surface area contributed by atoms with Crippen LogP contribution in [0.2, 0.25) is 0 Å². The average molecular weight is 403 g/mol. The van der Waals surface area contributed by atoms with Crippen molar-refractivity contribution < 1.29 is 14.5 Å². The molecule has 4 rings (SSSR count). The third-order valence-corrected chi connectivity index (χ3v) is 5.05. The van der Waals surface area contributed by atoms with Gasteiger partial charge in [0, 0.05) is 37.8 Å². The minimum Gasteiger partial charge on any atom is -0.457 e. The van der Waals surface area contributed by atoms with Gasteiger partial charge in [0.25, 0.3) is 11.6 Å². The highest BCUT2D eigenvalue weighted by atomic mass is 16.6. The topological polar surface area (TPSA) is 75.9 Å². The lowest BCUT2D eigenvalue weighted by Crippen LogP contribution is -2.48. The van der Waals surface area contributed by atoms with Crippen LogP contribution in [0.4, 0.5) is 11.4 Å². The predicted molar refractivity (Wildman–Crippen MR) is 114 cm³/mol. The first kappa shape index (κ1) is 19.4. The number of anilines is 1. The number of rotatable bonds is 5. The van der Waals surface area contributed by atoms with E-state index in [-0.39, 0.29) is 16.5 Å². The Bertz CT molecular complexity index is 1050. The second-order valence-corrected chi connectivity index (χ2v) is 6.97. The van der Waals surface area contributed by atoms with Gasteiger partial charge in [-0.15, -0.1) is 0 Å². The van der Waals surface area contributed by atoms with Crippen molar-refractivity contribution in [1.29, 1.82) is 0 Å². The average Bonchev–Trinajstić information content (AvgIpc) is 2.79. The van der Waals surface area contributed by atoms with E-state index in [1.54, 1.807) is 41.3 Å². The van der Waals surface area contributed by atoms with Crippen molar-refractivity contribution in [3.8, 4) is 11.5 Å². The number of carbonyl (C=O) groups excluding carboxylic acids is 1. The smallest absolute Gasteiger partial charge is 0.292 e. The number of carbonyl (C=O) groups is 1. The lowest BCUT2D eigenvalue weighted by molar-refractivity contribution is -0.384. The van der Waals surface area contributed by atoms with Gasteiger partial charge in [-0.3, -0.25) is 14.9 Å². The monoisotopic (exact) mass is 403 g/mol. The van der Waals surface area contributed by atoms with Crippen LogP contribution >= 0.6 is 0 Å². The number of para-hydroxylation sites is 3. The van der Waals surface area contributed by atoms with Gasteiger partial charge < -0.3 is 14.5 Å². The summed E-state index contributed by atoms with van der Waals surface area (Å²) in [6.45, 7) is 2.07. The van der Waals surface area contributed by atoms with Gasteiger partial charge in [-0.25, -0.2) is 0 Å². The van der Waals surface area contributed by atoms with Gasteiger partial charge in [0.05, 0.1) is 4.92 Å². The molecule has 0 aromatic heterocycles. The lowest BCUT2D eigenvalue weighted by Gasteiger charge is -2.35. The molecule has 0 bridgehead atoms. The molecule has 7 nitrogen and oxygen atoms in total. The number of hydrogen-bond acceptors (Lipinski definition) is 5. The maximum absolute atomic E-state index is 13.0. The SMILES string of the molecule is O=C(c1cccc(Oc2ccccc2)c1)N1CCN(c2ccccc2[N+](=O)[O-])CC1. The van der Waals surface area contributed by atoms with Crippen molar-refractivity contribution in [3.05, 3.63) is 94.5 Å². The zero-order valence-corrected chi connectivity index (χ0v) is 16.3. The number of nitro groups is 1. The van der Waals surface area contributed by atoms with Crippen molar-refractivity contribution in [2.75, 3.05) is 31.1 Å². The molecule has 0 spiro atoms. The summed E-state index contributed by atoms with van der Waals surface area (Å²) in [5.74, 6) is 1.24. The standard InChI is InChI=1S/C23H21N3O4/c27-23(18-7-6-10-20(17-18)30-19-8-2-1-3-9-19)25-15-13-24(14-16-25)21-11-4-5-12-22(21)26(28)29/h1-12,17H,13-16H2. The molecule has 0 saturated carbocycles. The fraction of sp³-hybridized carbons (Fsp3) is 0.174. The van der Waals surface area contributed by atoms with Crippen LogP contribution in [0, 0.1) is 10.1 Å². The summed E-state index contributed by atoms with van der Waals surface area (Å²) >= 11 is 0. The van der Waals surface area contributed by atoms with E-state index in [1.165, 1.54) is 6.07 Å². The van der Waals surface area contributed by atoms with Gasteiger partial charge in [-0.1, -0.05) is 36.4 Å². The highest BCUT2D eigenvalue weighted by Crippen LogP contribution is 2.29. The summed E-state index contributed by atoms with van der Waals surface area (Å²) in [6, 6.07) is 23.2. The summed E-state index contributed by atoms with van der Waals surface area (Å²) in [5, 5.41) is 11.3. The summed E-state index contributed by atoms with van der Waals surface area (Å²) in [5.41, 5.74) is 1.23. The van der Waals surface area contributed by atoms with Crippen LogP contribution in [0.3, 0.4) is 0 Å². The molecule has 1 saturated heterocycles. The molecule has 3 aromatic carbocycles. The number of nitrogens with zero attached hydrogens (tertiary/aromatic N) is 3. The van der Waals surface area contributed by atoms with Crippen molar-refractivity contribution in [1.82, 2.24) is 4.90 Å². The minimum absolute atomic E-state index is 0.0734. The van der Waals surface area contributed by atoms with Crippen molar-refractivity contribution in [2.45, 2.75) is 0 Å².